The molecule has 5 heteroatoms. The smallest absolute Gasteiger partial charge is 0.255 e. The number of methoxy groups -OCH3 is 1. The minimum absolute atomic E-state index is 0.121. The van der Waals surface area contributed by atoms with Crippen LogP contribution < -0.4 is 10.1 Å². The van der Waals surface area contributed by atoms with Gasteiger partial charge in [0.1, 0.15) is 5.75 Å². The maximum Gasteiger partial charge on any atom is 0.255 e. The van der Waals surface area contributed by atoms with Gasteiger partial charge in [-0.2, -0.15) is 0 Å². The number of carbonyl (C=O) groups is 1. The third kappa shape index (κ3) is 3.41. The Kier molecular flexibility index (Phi) is 5.20. The molecule has 0 aliphatic heterocycles. The van der Waals surface area contributed by atoms with E-state index in [0.29, 0.717) is 17.9 Å². The van der Waals surface area contributed by atoms with Gasteiger partial charge in [-0.05, 0) is 41.6 Å². The summed E-state index contributed by atoms with van der Waals surface area (Å²) in [7, 11) is 1.56. The Bertz CT molecular complexity index is 610. The number of aryl methyl sites for hydroxylation is 1. The highest BCUT2D eigenvalue weighted by Gasteiger charge is 2.13. The lowest BCUT2D eigenvalue weighted by molar-refractivity contribution is 0.0948. The van der Waals surface area contributed by atoms with Crippen LogP contribution >= 0.6 is 27.3 Å². The van der Waals surface area contributed by atoms with Gasteiger partial charge in [0.25, 0.3) is 5.91 Å². The quantitative estimate of drug-likeness (QED) is 0.881. The summed E-state index contributed by atoms with van der Waals surface area (Å²) in [5.74, 6) is 0.448. The van der Waals surface area contributed by atoms with Gasteiger partial charge in [0.2, 0.25) is 0 Å². The van der Waals surface area contributed by atoms with Crippen LogP contribution in [0.1, 0.15) is 27.7 Å². The predicted octanol–water partition coefficient (Wildman–Crippen LogP) is 4.01. The molecule has 0 saturated carbocycles. The van der Waals surface area contributed by atoms with Gasteiger partial charge in [-0.3, -0.25) is 4.79 Å². The van der Waals surface area contributed by atoms with Crippen LogP contribution in [-0.2, 0) is 13.0 Å². The average molecular weight is 354 g/mol. The van der Waals surface area contributed by atoms with Gasteiger partial charge in [-0.15, -0.1) is 11.3 Å². The molecule has 0 aliphatic carbocycles. The second kappa shape index (κ2) is 6.90. The Labute approximate surface area is 131 Å². The molecule has 0 saturated heterocycles. The Morgan fingerprint density at radius 3 is 2.90 bits per heavy atom. The minimum atomic E-state index is -0.121. The van der Waals surface area contributed by atoms with Crippen LogP contribution in [0.4, 0.5) is 0 Å². The van der Waals surface area contributed by atoms with E-state index in [4.69, 9.17) is 4.74 Å². The monoisotopic (exact) mass is 353 g/mol. The fraction of sp³-hybridized carbons (Fsp3) is 0.267. The van der Waals surface area contributed by atoms with Gasteiger partial charge in [0.05, 0.1) is 19.2 Å². The van der Waals surface area contributed by atoms with E-state index in [1.807, 2.05) is 6.07 Å². The first kappa shape index (κ1) is 15.1. The summed E-state index contributed by atoms with van der Waals surface area (Å²) in [5.41, 5.74) is 1.84. The van der Waals surface area contributed by atoms with Gasteiger partial charge < -0.3 is 10.1 Å². The number of ether oxygens (including phenoxy) is 1. The molecular formula is C15H16BrNO2S. The molecule has 0 aliphatic rings. The molecule has 0 spiro atoms. The molecule has 1 aromatic carbocycles. The van der Waals surface area contributed by atoms with E-state index in [-0.39, 0.29) is 5.91 Å². The lowest BCUT2D eigenvalue weighted by Crippen LogP contribution is -2.23. The summed E-state index contributed by atoms with van der Waals surface area (Å²) in [6.45, 7) is 2.67. The molecule has 2 aromatic rings. The summed E-state index contributed by atoms with van der Waals surface area (Å²) in [5, 5.41) is 5.00. The molecule has 0 atom stereocenters. The van der Waals surface area contributed by atoms with Crippen molar-refractivity contribution in [1.29, 1.82) is 0 Å². The van der Waals surface area contributed by atoms with Crippen LogP contribution in [0, 0.1) is 0 Å². The van der Waals surface area contributed by atoms with E-state index in [1.165, 1.54) is 10.4 Å². The largest absolute Gasteiger partial charge is 0.496 e. The molecule has 1 aromatic heterocycles. The van der Waals surface area contributed by atoms with Gasteiger partial charge in [-0.25, -0.2) is 0 Å². The van der Waals surface area contributed by atoms with E-state index in [0.717, 1.165) is 10.9 Å². The fourth-order valence-corrected chi connectivity index (χ4v) is 3.20. The Balaban J connectivity index is 2.09. The molecular weight excluding hydrogens is 338 g/mol. The number of amides is 1. The lowest BCUT2D eigenvalue weighted by atomic mass is 10.1. The highest BCUT2D eigenvalue weighted by atomic mass is 79.9. The van der Waals surface area contributed by atoms with E-state index < -0.39 is 0 Å². The lowest BCUT2D eigenvalue weighted by Gasteiger charge is -2.10. The molecule has 0 radical (unpaired) electrons. The average Bonchev–Trinajstić information content (AvgIpc) is 2.92. The number of hydrogen-bond donors (Lipinski definition) is 1. The Hall–Kier alpha value is -1.33. The number of rotatable bonds is 5. The Morgan fingerprint density at radius 1 is 1.40 bits per heavy atom. The van der Waals surface area contributed by atoms with E-state index in [9.17, 15) is 4.79 Å². The first-order valence-corrected chi connectivity index (χ1v) is 8.00. The van der Waals surface area contributed by atoms with Crippen molar-refractivity contribution in [2.75, 3.05) is 7.11 Å². The standard InChI is InChI=1S/C15H16BrNO2S/c1-3-10-6-7-20-14(10)9-17-15(18)12-5-4-11(16)8-13(12)19-2/h4-8H,3,9H2,1-2H3,(H,17,18). The zero-order chi connectivity index (χ0) is 14.5. The second-order valence-electron chi connectivity index (χ2n) is 4.25. The van der Waals surface area contributed by atoms with E-state index >= 15 is 0 Å². The van der Waals surface area contributed by atoms with Gasteiger partial charge >= 0.3 is 0 Å². The topological polar surface area (TPSA) is 38.3 Å². The van der Waals surface area contributed by atoms with Crippen molar-refractivity contribution in [1.82, 2.24) is 5.32 Å². The van der Waals surface area contributed by atoms with Crippen molar-refractivity contribution >= 4 is 33.2 Å². The second-order valence-corrected chi connectivity index (χ2v) is 6.17. The van der Waals surface area contributed by atoms with Crippen LogP contribution in [-0.4, -0.2) is 13.0 Å². The van der Waals surface area contributed by atoms with Crippen molar-refractivity contribution < 1.29 is 9.53 Å². The van der Waals surface area contributed by atoms with Crippen molar-refractivity contribution in [2.45, 2.75) is 19.9 Å². The van der Waals surface area contributed by atoms with Gasteiger partial charge in [-0.1, -0.05) is 22.9 Å². The minimum Gasteiger partial charge on any atom is -0.496 e. The van der Waals surface area contributed by atoms with E-state index in [2.05, 4.69) is 39.6 Å². The highest BCUT2D eigenvalue weighted by molar-refractivity contribution is 9.10. The molecule has 106 valence electrons. The first-order chi connectivity index (χ1) is 9.65. The van der Waals surface area contributed by atoms with Gasteiger partial charge in [0.15, 0.2) is 0 Å². The molecule has 1 amide bonds. The third-order valence-corrected chi connectivity index (χ3v) is 4.49. The molecule has 3 nitrogen and oxygen atoms in total. The zero-order valence-corrected chi connectivity index (χ0v) is 13.8. The summed E-state index contributed by atoms with van der Waals surface area (Å²) < 4.78 is 6.13. The maximum absolute atomic E-state index is 12.2. The summed E-state index contributed by atoms with van der Waals surface area (Å²) in [4.78, 5) is 13.4. The third-order valence-electron chi connectivity index (χ3n) is 3.04. The summed E-state index contributed by atoms with van der Waals surface area (Å²) >= 11 is 5.04. The zero-order valence-electron chi connectivity index (χ0n) is 11.4. The SMILES string of the molecule is CCc1ccsc1CNC(=O)c1ccc(Br)cc1OC. The van der Waals surface area contributed by atoms with Gasteiger partial charge in [0, 0.05) is 9.35 Å². The number of benzene rings is 1. The fourth-order valence-electron chi connectivity index (χ4n) is 1.95. The van der Waals surface area contributed by atoms with Crippen LogP contribution in [0.25, 0.3) is 0 Å². The predicted molar refractivity (Wildman–Crippen MR) is 85.6 cm³/mol. The summed E-state index contributed by atoms with van der Waals surface area (Å²) in [6.07, 6.45) is 0.982. The number of halogens is 1. The molecule has 1 heterocycles. The number of hydrogen-bond acceptors (Lipinski definition) is 3. The molecule has 20 heavy (non-hydrogen) atoms. The molecule has 0 fully saturated rings. The van der Waals surface area contributed by atoms with Crippen LogP contribution in [0.15, 0.2) is 34.1 Å². The van der Waals surface area contributed by atoms with Crippen molar-refractivity contribution in [3.8, 4) is 5.75 Å². The molecule has 1 N–H and O–H groups in total. The normalized spacial score (nSPS) is 10.3. The molecule has 2 rings (SSSR count). The molecule has 0 bridgehead atoms. The number of carbonyl (C=O) groups excluding carboxylic acids is 1. The maximum atomic E-state index is 12.2. The van der Waals surface area contributed by atoms with Crippen LogP contribution in [0.5, 0.6) is 5.75 Å². The van der Waals surface area contributed by atoms with Crippen LogP contribution in [0.2, 0.25) is 0 Å². The first-order valence-electron chi connectivity index (χ1n) is 6.32. The Morgan fingerprint density at radius 2 is 2.20 bits per heavy atom. The number of nitrogens with one attached hydrogen (secondary N) is 1. The number of thiophene rings is 1. The van der Waals surface area contributed by atoms with E-state index in [1.54, 1.807) is 30.6 Å². The van der Waals surface area contributed by atoms with Crippen molar-refractivity contribution in [3.63, 3.8) is 0 Å². The highest BCUT2D eigenvalue weighted by Crippen LogP contribution is 2.24. The van der Waals surface area contributed by atoms with Crippen LogP contribution in [0.3, 0.4) is 0 Å². The molecule has 0 unspecified atom stereocenters. The van der Waals surface area contributed by atoms with Crippen molar-refractivity contribution in [3.05, 3.63) is 50.1 Å². The van der Waals surface area contributed by atoms with Crippen molar-refractivity contribution in [2.24, 2.45) is 0 Å². The summed E-state index contributed by atoms with van der Waals surface area (Å²) in [6, 6.07) is 7.48.